The molecule has 1 amide bonds. The molecule has 7 nitrogen and oxygen atoms in total. The standard InChI is InChI=1S/C9H10N2O5/c1-3-7(12)16-6-4-5(2)10-9(13)8(6)11(14)15/h4,8H,3H2,1-2H3. The summed E-state index contributed by atoms with van der Waals surface area (Å²) >= 11 is 0. The molecule has 7 heteroatoms. The molecule has 0 saturated carbocycles. The van der Waals surface area contributed by atoms with Crippen molar-refractivity contribution in [3.05, 3.63) is 21.9 Å². The third-order valence-electron chi connectivity index (χ3n) is 1.87. The third kappa shape index (κ3) is 2.50. The van der Waals surface area contributed by atoms with E-state index in [0.29, 0.717) is 0 Å². The summed E-state index contributed by atoms with van der Waals surface area (Å²) in [6, 6.07) is -1.71. The fourth-order valence-electron chi connectivity index (χ4n) is 1.16. The van der Waals surface area contributed by atoms with Crippen LogP contribution in [0.3, 0.4) is 0 Å². The highest BCUT2D eigenvalue weighted by Gasteiger charge is 2.39. The van der Waals surface area contributed by atoms with Crippen molar-refractivity contribution < 1.29 is 19.2 Å². The summed E-state index contributed by atoms with van der Waals surface area (Å²) in [7, 11) is 0. The molecule has 1 aliphatic rings. The number of carbonyl (C=O) groups excluding carboxylic acids is 2. The predicted octanol–water partition coefficient (Wildman–Crippen LogP) is 0.470. The highest BCUT2D eigenvalue weighted by molar-refractivity contribution is 6.06. The number of dihydropyridines is 1. The first-order chi connectivity index (χ1) is 7.45. The largest absolute Gasteiger partial charge is 0.423 e. The van der Waals surface area contributed by atoms with Gasteiger partial charge in [0, 0.05) is 23.1 Å². The van der Waals surface area contributed by atoms with Gasteiger partial charge in [0.2, 0.25) is 0 Å². The molecule has 0 radical (unpaired) electrons. The Morgan fingerprint density at radius 2 is 2.31 bits per heavy atom. The second-order valence-corrected chi connectivity index (χ2v) is 3.15. The summed E-state index contributed by atoms with van der Waals surface area (Å²) < 4.78 is 4.73. The van der Waals surface area contributed by atoms with Gasteiger partial charge in [-0.15, -0.1) is 0 Å². The summed E-state index contributed by atoms with van der Waals surface area (Å²) in [5.74, 6) is -1.82. The number of nitrogens with zero attached hydrogens (tertiary/aromatic N) is 2. The van der Waals surface area contributed by atoms with Crippen molar-refractivity contribution in [1.82, 2.24) is 0 Å². The van der Waals surface area contributed by atoms with E-state index in [0.717, 1.165) is 0 Å². The molecule has 0 fully saturated rings. The molecule has 1 heterocycles. The second kappa shape index (κ2) is 4.65. The molecule has 86 valence electrons. The van der Waals surface area contributed by atoms with Gasteiger partial charge >= 0.3 is 17.9 Å². The average Bonchev–Trinajstić information content (AvgIpc) is 2.15. The molecule has 1 rings (SSSR count). The van der Waals surface area contributed by atoms with Crippen LogP contribution in [-0.4, -0.2) is 28.6 Å². The zero-order valence-corrected chi connectivity index (χ0v) is 8.80. The minimum absolute atomic E-state index is 0.0756. The highest BCUT2D eigenvalue weighted by Crippen LogP contribution is 2.16. The van der Waals surface area contributed by atoms with Crippen LogP contribution in [0.25, 0.3) is 0 Å². The normalized spacial score (nSPS) is 19.9. The number of aliphatic imine (C=N–C) groups is 1. The second-order valence-electron chi connectivity index (χ2n) is 3.15. The number of esters is 1. The first-order valence-corrected chi connectivity index (χ1v) is 4.60. The molecule has 1 aliphatic heterocycles. The van der Waals surface area contributed by atoms with Crippen LogP contribution < -0.4 is 0 Å². The third-order valence-corrected chi connectivity index (χ3v) is 1.87. The van der Waals surface area contributed by atoms with Crippen LogP contribution in [0.4, 0.5) is 0 Å². The minimum atomic E-state index is -1.71. The first kappa shape index (κ1) is 12.0. The first-order valence-electron chi connectivity index (χ1n) is 4.60. The summed E-state index contributed by atoms with van der Waals surface area (Å²) in [6.45, 7) is 3.05. The Balaban J connectivity index is 3.00. The molecule has 1 unspecified atom stereocenters. The molecule has 0 aliphatic carbocycles. The van der Waals surface area contributed by atoms with Crippen molar-refractivity contribution in [2.75, 3.05) is 0 Å². The average molecular weight is 226 g/mol. The maximum absolute atomic E-state index is 11.3. The smallest absolute Gasteiger partial charge is 0.348 e. The van der Waals surface area contributed by atoms with Crippen molar-refractivity contribution in [2.45, 2.75) is 26.3 Å². The van der Waals surface area contributed by atoms with Gasteiger partial charge in [0.25, 0.3) is 0 Å². The summed E-state index contributed by atoms with van der Waals surface area (Å²) in [4.78, 5) is 35.5. The Morgan fingerprint density at radius 3 is 2.81 bits per heavy atom. The van der Waals surface area contributed by atoms with E-state index < -0.39 is 22.8 Å². The van der Waals surface area contributed by atoms with Gasteiger partial charge in [0.05, 0.1) is 0 Å². The van der Waals surface area contributed by atoms with Gasteiger partial charge in [-0.25, -0.2) is 4.99 Å². The van der Waals surface area contributed by atoms with Crippen LogP contribution in [-0.2, 0) is 14.3 Å². The number of hydrogen-bond donors (Lipinski definition) is 0. The Kier molecular flexibility index (Phi) is 3.49. The van der Waals surface area contributed by atoms with Crippen molar-refractivity contribution >= 4 is 17.6 Å². The Hall–Kier alpha value is -2.05. The van der Waals surface area contributed by atoms with Crippen molar-refractivity contribution in [2.24, 2.45) is 4.99 Å². The van der Waals surface area contributed by atoms with E-state index in [1.807, 2.05) is 0 Å². The van der Waals surface area contributed by atoms with Gasteiger partial charge in [-0.3, -0.25) is 19.7 Å². The molecule has 0 aromatic rings. The van der Waals surface area contributed by atoms with Gasteiger partial charge in [-0.05, 0) is 6.92 Å². The van der Waals surface area contributed by atoms with E-state index in [2.05, 4.69) is 4.99 Å². The van der Waals surface area contributed by atoms with Crippen LogP contribution in [0, 0.1) is 10.1 Å². The number of rotatable bonds is 3. The number of ether oxygens (including phenoxy) is 1. The lowest BCUT2D eigenvalue weighted by molar-refractivity contribution is -0.501. The van der Waals surface area contributed by atoms with Crippen LogP contribution in [0.15, 0.2) is 16.8 Å². The lowest BCUT2D eigenvalue weighted by Gasteiger charge is -2.13. The van der Waals surface area contributed by atoms with E-state index in [-0.39, 0.29) is 17.9 Å². The molecular weight excluding hydrogens is 216 g/mol. The zero-order chi connectivity index (χ0) is 12.3. The molecule has 0 bridgehead atoms. The minimum Gasteiger partial charge on any atom is -0.423 e. The van der Waals surface area contributed by atoms with Crippen LogP contribution in [0.5, 0.6) is 0 Å². The van der Waals surface area contributed by atoms with Gasteiger partial charge in [-0.2, -0.15) is 0 Å². The summed E-state index contributed by atoms with van der Waals surface area (Å²) in [6.07, 6.45) is 1.30. The lowest BCUT2D eigenvalue weighted by atomic mass is 10.1. The van der Waals surface area contributed by atoms with Crippen LogP contribution in [0.2, 0.25) is 0 Å². The number of carbonyl (C=O) groups is 2. The van der Waals surface area contributed by atoms with E-state index in [1.54, 1.807) is 6.92 Å². The van der Waals surface area contributed by atoms with E-state index >= 15 is 0 Å². The van der Waals surface area contributed by atoms with E-state index in [4.69, 9.17) is 4.74 Å². The van der Waals surface area contributed by atoms with Crippen molar-refractivity contribution in [1.29, 1.82) is 0 Å². The maximum atomic E-state index is 11.3. The molecular formula is C9H10N2O5. The monoisotopic (exact) mass is 226 g/mol. The molecule has 0 saturated heterocycles. The number of allylic oxidation sites excluding steroid dienone is 1. The van der Waals surface area contributed by atoms with Gasteiger partial charge in [-0.1, -0.05) is 6.92 Å². The van der Waals surface area contributed by atoms with Gasteiger partial charge in [0.15, 0.2) is 5.76 Å². The van der Waals surface area contributed by atoms with Gasteiger partial charge in [0.1, 0.15) is 0 Å². The number of hydrogen-bond acceptors (Lipinski definition) is 5. The molecule has 0 aromatic carbocycles. The van der Waals surface area contributed by atoms with Crippen molar-refractivity contribution in [3.8, 4) is 0 Å². The molecule has 0 N–H and O–H groups in total. The fourth-order valence-corrected chi connectivity index (χ4v) is 1.16. The quantitative estimate of drug-likeness (QED) is 0.395. The molecule has 1 atom stereocenters. The topological polar surface area (TPSA) is 98.9 Å². The van der Waals surface area contributed by atoms with Gasteiger partial charge < -0.3 is 4.74 Å². The van der Waals surface area contributed by atoms with E-state index in [1.165, 1.54) is 13.0 Å². The Morgan fingerprint density at radius 1 is 1.69 bits per heavy atom. The van der Waals surface area contributed by atoms with Crippen molar-refractivity contribution in [3.63, 3.8) is 0 Å². The number of nitro groups is 1. The Labute approximate surface area is 90.9 Å². The SMILES string of the molecule is CCC(=O)OC1=CC(C)=NC(=O)C1[N+](=O)[O-]. The van der Waals surface area contributed by atoms with Crippen LogP contribution >= 0.6 is 0 Å². The van der Waals surface area contributed by atoms with Crippen LogP contribution in [0.1, 0.15) is 20.3 Å². The highest BCUT2D eigenvalue weighted by atomic mass is 16.6. The maximum Gasteiger partial charge on any atom is 0.348 e. The molecule has 16 heavy (non-hydrogen) atoms. The predicted molar refractivity (Wildman–Crippen MR) is 53.4 cm³/mol. The zero-order valence-electron chi connectivity index (χ0n) is 8.80. The lowest BCUT2D eigenvalue weighted by Crippen LogP contribution is -2.35. The number of amides is 1. The van der Waals surface area contributed by atoms with E-state index in [9.17, 15) is 19.7 Å². The molecule has 0 spiro atoms. The summed E-state index contributed by atoms with van der Waals surface area (Å²) in [5.41, 5.74) is 0.280. The fraction of sp³-hybridized carbons (Fsp3) is 0.444. The molecule has 0 aromatic heterocycles. The summed E-state index contributed by atoms with van der Waals surface area (Å²) in [5, 5.41) is 10.6. The Bertz CT molecular complexity index is 410.